The summed E-state index contributed by atoms with van der Waals surface area (Å²) in [5.41, 5.74) is -3.11. The maximum atomic E-state index is 7.87. The SMILES string of the molecule is OP(O)(=S)S.[CH2-]CCC.[CH2-]CCC.[Zn].[c-]1ccccc1. The van der Waals surface area contributed by atoms with Crippen LogP contribution in [0.1, 0.15) is 39.5 Å². The van der Waals surface area contributed by atoms with E-state index in [9.17, 15) is 0 Å². The zero-order chi connectivity index (χ0) is 15.6. The molecule has 2 nitrogen and oxygen atoms in total. The van der Waals surface area contributed by atoms with Crippen LogP contribution in [-0.2, 0) is 31.3 Å². The summed E-state index contributed by atoms with van der Waals surface area (Å²) in [6.45, 7) is 11.4. The first-order valence-electron chi connectivity index (χ1n) is 6.11. The van der Waals surface area contributed by atoms with Crippen LogP contribution < -0.4 is 0 Å². The molecule has 0 spiro atoms. The van der Waals surface area contributed by atoms with Crippen molar-refractivity contribution in [2.75, 3.05) is 0 Å². The zero-order valence-electron chi connectivity index (χ0n) is 12.5. The summed E-state index contributed by atoms with van der Waals surface area (Å²) >= 11 is 7.07. The van der Waals surface area contributed by atoms with Gasteiger partial charge in [-0.25, -0.2) is 0 Å². The molecule has 0 aliphatic rings. The van der Waals surface area contributed by atoms with E-state index in [-0.39, 0.29) is 19.5 Å². The largest absolute Gasteiger partial charge is 0.343 e. The number of hydrogen-bond donors (Lipinski definition) is 3. The minimum Gasteiger partial charge on any atom is -0.343 e. The number of unbranched alkanes of at least 4 members (excludes halogenated alkanes) is 2. The molecule has 2 N–H and O–H groups in total. The van der Waals surface area contributed by atoms with Crippen LogP contribution in [0.3, 0.4) is 0 Å². The first kappa shape index (κ1) is 28.9. The minimum atomic E-state index is -3.11. The smallest absolute Gasteiger partial charge is 0.239 e. The second-order valence-electron chi connectivity index (χ2n) is 3.30. The van der Waals surface area contributed by atoms with Gasteiger partial charge in [0.05, 0.1) is 0 Å². The van der Waals surface area contributed by atoms with Crippen LogP contribution in [-0.4, -0.2) is 9.79 Å². The third-order valence-electron chi connectivity index (χ3n) is 1.31. The Hall–Kier alpha value is 0.763. The molecule has 0 aromatic heterocycles. The molecular formula is C14H26O2PS2Zn-3. The van der Waals surface area contributed by atoms with E-state index in [0.29, 0.717) is 0 Å². The van der Waals surface area contributed by atoms with Gasteiger partial charge in [-0.3, -0.25) is 0 Å². The average molecular weight is 387 g/mol. The summed E-state index contributed by atoms with van der Waals surface area (Å²) in [7, 11) is 0. The summed E-state index contributed by atoms with van der Waals surface area (Å²) in [5.74, 6) is 0. The average Bonchev–Trinajstić information content (AvgIpc) is 2.39. The van der Waals surface area contributed by atoms with Crippen LogP contribution in [0.4, 0.5) is 0 Å². The standard InChI is InChI=1S/C6H5.2C4H9.H3O2PS2.Zn/c1-2-4-6-5-3-1;2*1-3-4-2;1-3(2,4)5;/h1-5H;2*1,3-4H2,2H3;(H3,1,2,4,5);/q3*-1;;. The van der Waals surface area contributed by atoms with E-state index in [1.165, 1.54) is 12.8 Å². The predicted molar refractivity (Wildman–Crippen MR) is 93.5 cm³/mol. The van der Waals surface area contributed by atoms with Gasteiger partial charge in [-0.2, -0.15) is 49.2 Å². The third kappa shape index (κ3) is 77.1. The molecule has 0 bridgehead atoms. The quantitative estimate of drug-likeness (QED) is 0.294. The fraction of sp³-hybridized carbons (Fsp3) is 0.429. The molecule has 0 heterocycles. The molecule has 0 amide bonds. The Kier molecular flexibility index (Phi) is 35.7. The van der Waals surface area contributed by atoms with Crippen molar-refractivity contribution in [3.63, 3.8) is 0 Å². The third-order valence-corrected chi connectivity index (χ3v) is 1.31. The van der Waals surface area contributed by atoms with E-state index in [0.717, 1.165) is 12.8 Å². The summed E-state index contributed by atoms with van der Waals surface area (Å²) in [5, 5.41) is 0. The first-order chi connectivity index (χ1) is 8.83. The van der Waals surface area contributed by atoms with Crippen LogP contribution in [0.25, 0.3) is 0 Å². The molecule has 0 unspecified atom stereocenters. The summed E-state index contributed by atoms with van der Waals surface area (Å²) in [6, 6.07) is 12.5. The van der Waals surface area contributed by atoms with Crippen molar-refractivity contribution in [2.24, 2.45) is 0 Å². The van der Waals surface area contributed by atoms with Crippen LogP contribution in [0.15, 0.2) is 30.3 Å². The Morgan fingerprint density at radius 1 is 1.05 bits per heavy atom. The van der Waals surface area contributed by atoms with Gasteiger partial charge in [-0.05, 0) is 11.8 Å². The summed E-state index contributed by atoms with van der Waals surface area (Å²) < 4.78 is 0. The second-order valence-corrected chi connectivity index (χ2v) is 8.34. The second kappa shape index (κ2) is 24.8. The van der Waals surface area contributed by atoms with Crippen molar-refractivity contribution in [2.45, 2.75) is 39.5 Å². The topological polar surface area (TPSA) is 40.5 Å². The maximum Gasteiger partial charge on any atom is 0.239 e. The van der Waals surface area contributed by atoms with Gasteiger partial charge in [-0.1, -0.05) is 38.9 Å². The Bertz CT molecular complexity index is 239. The van der Waals surface area contributed by atoms with E-state index in [1.807, 2.05) is 30.3 Å². The Morgan fingerprint density at radius 3 is 1.35 bits per heavy atom. The summed E-state index contributed by atoms with van der Waals surface area (Å²) in [4.78, 5) is 15.7. The number of benzene rings is 1. The molecule has 1 rings (SSSR count). The maximum absolute atomic E-state index is 7.87. The molecule has 116 valence electrons. The van der Waals surface area contributed by atoms with Crippen molar-refractivity contribution in [3.8, 4) is 0 Å². The normalized spacial score (nSPS) is 8.35. The van der Waals surface area contributed by atoms with Crippen LogP contribution in [0.2, 0.25) is 0 Å². The van der Waals surface area contributed by atoms with E-state index < -0.39 is 5.69 Å². The molecule has 0 saturated carbocycles. The van der Waals surface area contributed by atoms with Crippen LogP contribution >= 0.6 is 17.9 Å². The number of thiol groups is 1. The molecule has 0 atom stereocenters. The molecule has 20 heavy (non-hydrogen) atoms. The van der Waals surface area contributed by atoms with Gasteiger partial charge in [0.2, 0.25) is 5.69 Å². The Morgan fingerprint density at radius 2 is 1.30 bits per heavy atom. The monoisotopic (exact) mass is 385 g/mol. The fourth-order valence-electron chi connectivity index (χ4n) is 0.342. The van der Waals surface area contributed by atoms with Gasteiger partial charge >= 0.3 is 0 Å². The van der Waals surface area contributed by atoms with Gasteiger partial charge < -0.3 is 23.6 Å². The van der Waals surface area contributed by atoms with Crippen molar-refractivity contribution in [1.29, 1.82) is 0 Å². The summed E-state index contributed by atoms with van der Waals surface area (Å²) in [6.07, 6.45) is 4.56. The van der Waals surface area contributed by atoms with Crippen molar-refractivity contribution in [1.82, 2.24) is 0 Å². The Balaban J connectivity index is -0.0000000856. The van der Waals surface area contributed by atoms with Crippen molar-refractivity contribution in [3.05, 3.63) is 50.2 Å². The minimum absolute atomic E-state index is 0. The number of rotatable bonds is 2. The van der Waals surface area contributed by atoms with Crippen LogP contribution in [0, 0.1) is 19.9 Å². The van der Waals surface area contributed by atoms with E-state index >= 15 is 0 Å². The van der Waals surface area contributed by atoms with Gasteiger partial charge in [0.25, 0.3) is 0 Å². The fourth-order valence-corrected chi connectivity index (χ4v) is 0.342. The Labute approximate surface area is 148 Å². The molecule has 0 aliphatic carbocycles. The molecule has 0 radical (unpaired) electrons. The van der Waals surface area contributed by atoms with E-state index in [4.69, 9.17) is 9.79 Å². The van der Waals surface area contributed by atoms with Gasteiger partial charge in [0.1, 0.15) is 0 Å². The molecule has 0 aliphatic heterocycles. The zero-order valence-corrected chi connectivity index (χ0v) is 18.1. The van der Waals surface area contributed by atoms with Gasteiger partial charge in [0.15, 0.2) is 0 Å². The molecule has 1 aromatic carbocycles. The van der Waals surface area contributed by atoms with E-state index in [2.05, 4.69) is 57.8 Å². The van der Waals surface area contributed by atoms with Gasteiger partial charge in [0, 0.05) is 19.5 Å². The molecular weight excluding hydrogens is 361 g/mol. The van der Waals surface area contributed by atoms with Crippen molar-refractivity contribution < 1.29 is 29.3 Å². The van der Waals surface area contributed by atoms with Crippen molar-refractivity contribution >= 4 is 29.7 Å². The molecule has 6 heteroatoms. The predicted octanol–water partition coefficient (Wildman–Crippen LogP) is 4.85. The van der Waals surface area contributed by atoms with E-state index in [1.54, 1.807) is 0 Å². The first-order valence-corrected chi connectivity index (χ1v) is 9.97. The molecule has 0 saturated heterocycles. The van der Waals surface area contributed by atoms with Gasteiger partial charge in [-0.15, -0.1) is 0 Å². The number of hydrogen-bond acceptors (Lipinski definition) is 1. The molecule has 0 fully saturated rings. The van der Waals surface area contributed by atoms with Crippen LogP contribution in [0.5, 0.6) is 0 Å². The molecule has 1 aromatic rings.